The van der Waals surface area contributed by atoms with Crippen LogP contribution in [0.5, 0.6) is 5.75 Å². The van der Waals surface area contributed by atoms with Gasteiger partial charge in [0.25, 0.3) is 0 Å². The summed E-state index contributed by atoms with van der Waals surface area (Å²) in [6.07, 6.45) is 17.9. The van der Waals surface area contributed by atoms with Crippen molar-refractivity contribution in [3.8, 4) is 17.1 Å². The molecule has 1 heterocycles. The molecule has 200 valence electrons. The molecule has 6 heteroatoms. The minimum absolute atomic E-state index is 0.465. The molecular weight excluding hydrogens is 452 g/mol. The molecule has 0 aliphatic rings. The van der Waals surface area contributed by atoms with Crippen LogP contribution in [0.2, 0.25) is 0 Å². The average molecular weight is 499 g/mol. The average Bonchev–Trinajstić information content (AvgIpc) is 2.90. The molecule has 0 aliphatic heterocycles. The van der Waals surface area contributed by atoms with E-state index in [1.807, 2.05) is 24.3 Å². The minimum atomic E-state index is -0.755. The first kappa shape index (κ1) is 29.8. The summed E-state index contributed by atoms with van der Waals surface area (Å²) >= 11 is 0. The van der Waals surface area contributed by atoms with E-state index in [4.69, 9.17) is 9.47 Å². The van der Waals surface area contributed by atoms with E-state index < -0.39 is 11.9 Å². The number of carboxylic acid groups (broad SMARTS) is 1. The molecule has 6 nitrogen and oxygen atoms in total. The van der Waals surface area contributed by atoms with E-state index in [0.29, 0.717) is 24.6 Å². The quantitative estimate of drug-likeness (QED) is 0.177. The lowest BCUT2D eigenvalue weighted by atomic mass is 9.92. The number of unbranched alkanes of at least 4 members (excludes halogenated alkanes) is 9. The molecule has 1 unspecified atom stereocenters. The highest BCUT2D eigenvalue weighted by Crippen LogP contribution is 2.26. The molecular formula is C30H46N2O4. The van der Waals surface area contributed by atoms with Crippen LogP contribution >= 0.6 is 0 Å². The Kier molecular flexibility index (Phi) is 15.5. The number of ether oxygens (including phenoxy) is 2. The van der Waals surface area contributed by atoms with Crippen molar-refractivity contribution in [2.24, 2.45) is 0 Å². The lowest BCUT2D eigenvalue weighted by Gasteiger charge is -2.13. The summed E-state index contributed by atoms with van der Waals surface area (Å²) in [5.74, 6) is 0.0378. The number of nitrogens with zero attached hydrogens (tertiary/aromatic N) is 2. The number of rotatable bonds is 21. The lowest BCUT2D eigenvalue weighted by Crippen LogP contribution is -2.11. The fraction of sp³-hybridized carbons (Fsp3) is 0.633. The van der Waals surface area contributed by atoms with Crippen LogP contribution in [0.3, 0.4) is 0 Å². The lowest BCUT2D eigenvalue weighted by molar-refractivity contribution is -0.139. The largest absolute Gasteiger partial charge is 0.490 e. The van der Waals surface area contributed by atoms with Crippen molar-refractivity contribution < 1.29 is 19.4 Å². The van der Waals surface area contributed by atoms with Gasteiger partial charge in [-0.1, -0.05) is 95.9 Å². The van der Waals surface area contributed by atoms with Crippen molar-refractivity contribution in [3.63, 3.8) is 0 Å². The minimum Gasteiger partial charge on any atom is -0.490 e. The van der Waals surface area contributed by atoms with Crippen LogP contribution in [0.25, 0.3) is 11.4 Å². The molecule has 2 rings (SSSR count). The number of aromatic nitrogens is 2. The number of benzene rings is 1. The van der Waals surface area contributed by atoms with Gasteiger partial charge in [-0.15, -0.1) is 0 Å². The summed E-state index contributed by atoms with van der Waals surface area (Å²) in [6.45, 7) is 6.65. The van der Waals surface area contributed by atoms with Gasteiger partial charge < -0.3 is 14.6 Å². The van der Waals surface area contributed by atoms with Gasteiger partial charge >= 0.3 is 5.97 Å². The zero-order chi connectivity index (χ0) is 25.8. The van der Waals surface area contributed by atoms with Gasteiger partial charge in [0, 0.05) is 18.8 Å². The van der Waals surface area contributed by atoms with Gasteiger partial charge in [-0.2, -0.15) is 0 Å². The molecule has 1 atom stereocenters. The third-order valence-corrected chi connectivity index (χ3v) is 6.44. The molecule has 0 fully saturated rings. The smallest absolute Gasteiger partial charge is 0.310 e. The summed E-state index contributed by atoms with van der Waals surface area (Å²) in [7, 11) is 0. The first-order valence-electron chi connectivity index (χ1n) is 14.0. The second-order valence-electron chi connectivity index (χ2n) is 9.54. The predicted octanol–water partition coefficient (Wildman–Crippen LogP) is 7.82. The highest BCUT2D eigenvalue weighted by Gasteiger charge is 2.19. The maximum atomic E-state index is 11.8. The molecule has 0 saturated heterocycles. The van der Waals surface area contributed by atoms with E-state index in [1.165, 1.54) is 44.9 Å². The molecule has 0 bridgehead atoms. The van der Waals surface area contributed by atoms with Crippen molar-refractivity contribution >= 4 is 5.97 Å². The summed E-state index contributed by atoms with van der Waals surface area (Å²) in [4.78, 5) is 20.7. The van der Waals surface area contributed by atoms with Gasteiger partial charge in [0.05, 0.1) is 24.9 Å². The topological polar surface area (TPSA) is 81.5 Å². The van der Waals surface area contributed by atoms with E-state index in [-0.39, 0.29) is 0 Å². The Balaban J connectivity index is 1.74. The van der Waals surface area contributed by atoms with Gasteiger partial charge in [0.15, 0.2) is 11.6 Å². The van der Waals surface area contributed by atoms with Gasteiger partial charge in [0.1, 0.15) is 0 Å². The van der Waals surface area contributed by atoms with Gasteiger partial charge in [-0.3, -0.25) is 4.79 Å². The third-order valence-electron chi connectivity index (χ3n) is 6.44. The Hall–Kier alpha value is -2.47. The second-order valence-corrected chi connectivity index (χ2v) is 9.54. The highest BCUT2D eigenvalue weighted by molar-refractivity contribution is 5.76. The summed E-state index contributed by atoms with van der Waals surface area (Å²) in [5, 5.41) is 9.73. The normalized spacial score (nSPS) is 11.9. The summed E-state index contributed by atoms with van der Waals surface area (Å²) < 4.78 is 11.4. The van der Waals surface area contributed by atoms with Gasteiger partial charge in [0.2, 0.25) is 0 Å². The van der Waals surface area contributed by atoms with E-state index in [2.05, 4.69) is 23.8 Å². The number of hydrogen-bond donors (Lipinski definition) is 1. The maximum Gasteiger partial charge on any atom is 0.310 e. The second kappa shape index (κ2) is 18.8. The van der Waals surface area contributed by atoms with Crippen LogP contribution in [0.1, 0.15) is 109 Å². The Morgan fingerprint density at radius 3 is 1.97 bits per heavy atom. The summed E-state index contributed by atoms with van der Waals surface area (Å²) in [6, 6.07) is 7.61. The summed E-state index contributed by atoms with van der Waals surface area (Å²) in [5.41, 5.74) is 1.71. The molecule has 0 aliphatic carbocycles. The maximum absolute atomic E-state index is 11.8. The van der Waals surface area contributed by atoms with Gasteiger partial charge in [-0.05, 0) is 31.2 Å². The Morgan fingerprint density at radius 1 is 0.778 bits per heavy atom. The highest BCUT2D eigenvalue weighted by atomic mass is 16.5. The molecule has 0 radical (unpaired) electrons. The molecule has 1 aromatic heterocycles. The molecule has 2 aromatic rings. The number of carbonyl (C=O) groups is 1. The molecule has 0 spiro atoms. The van der Waals surface area contributed by atoms with Crippen molar-refractivity contribution in [1.82, 2.24) is 9.97 Å². The number of hydrogen-bond acceptors (Lipinski definition) is 5. The van der Waals surface area contributed by atoms with E-state index in [1.54, 1.807) is 12.4 Å². The first-order chi connectivity index (χ1) is 17.7. The number of carboxylic acids is 1. The third kappa shape index (κ3) is 12.0. The molecule has 1 N–H and O–H groups in total. The monoisotopic (exact) mass is 498 g/mol. The standard InChI is InChI=1S/C30H46N2O4/c1-3-5-7-8-9-10-11-15-28(30(33)34)25-16-18-26(19-17-25)29-31-23-27(24-32-29)36-22-14-13-21-35-20-12-6-4-2/h16-19,23-24,28H,3-15,20-22H2,1-2H3,(H,33,34). The molecule has 36 heavy (non-hydrogen) atoms. The van der Waals surface area contributed by atoms with Crippen LogP contribution in [0.4, 0.5) is 0 Å². The van der Waals surface area contributed by atoms with Crippen molar-refractivity contribution in [1.29, 1.82) is 0 Å². The Labute approximate surface area is 217 Å². The Bertz CT molecular complexity index is 824. The van der Waals surface area contributed by atoms with Crippen molar-refractivity contribution in [2.75, 3.05) is 19.8 Å². The SMILES string of the molecule is CCCCCCCCCC(C(=O)O)c1ccc(-c2ncc(OCCCCOCCCCC)cn2)cc1. The van der Waals surface area contributed by atoms with E-state index >= 15 is 0 Å². The Morgan fingerprint density at radius 2 is 1.33 bits per heavy atom. The first-order valence-corrected chi connectivity index (χ1v) is 14.0. The van der Waals surface area contributed by atoms with Crippen LogP contribution in [0, 0.1) is 0 Å². The molecule has 1 aromatic carbocycles. The van der Waals surface area contributed by atoms with Crippen LogP contribution in [-0.2, 0) is 9.53 Å². The van der Waals surface area contributed by atoms with E-state index in [0.717, 1.165) is 56.4 Å². The van der Waals surface area contributed by atoms with E-state index in [9.17, 15) is 9.90 Å². The van der Waals surface area contributed by atoms with Gasteiger partial charge in [-0.25, -0.2) is 9.97 Å². The zero-order valence-corrected chi connectivity index (χ0v) is 22.4. The molecule has 0 saturated carbocycles. The molecule has 0 amide bonds. The zero-order valence-electron chi connectivity index (χ0n) is 22.4. The van der Waals surface area contributed by atoms with Crippen molar-refractivity contribution in [3.05, 3.63) is 42.2 Å². The number of aliphatic carboxylic acids is 1. The van der Waals surface area contributed by atoms with Crippen LogP contribution in [0.15, 0.2) is 36.7 Å². The van der Waals surface area contributed by atoms with Crippen molar-refractivity contribution in [2.45, 2.75) is 103 Å². The van der Waals surface area contributed by atoms with Crippen LogP contribution < -0.4 is 4.74 Å². The van der Waals surface area contributed by atoms with Crippen LogP contribution in [-0.4, -0.2) is 40.9 Å². The predicted molar refractivity (Wildman–Crippen MR) is 146 cm³/mol. The fourth-order valence-electron chi connectivity index (χ4n) is 4.19. The fourth-order valence-corrected chi connectivity index (χ4v) is 4.19.